The van der Waals surface area contributed by atoms with Gasteiger partial charge in [-0.2, -0.15) is 10.2 Å². The van der Waals surface area contributed by atoms with Crippen LogP contribution >= 0.6 is 0 Å². The van der Waals surface area contributed by atoms with Crippen molar-refractivity contribution < 1.29 is 14.1 Å². The Bertz CT molecular complexity index is 1250. The van der Waals surface area contributed by atoms with Gasteiger partial charge in [0.15, 0.2) is 0 Å². The van der Waals surface area contributed by atoms with Crippen LogP contribution < -0.4 is 4.90 Å². The van der Waals surface area contributed by atoms with Crippen molar-refractivity contribution in [2.24, 2.45) is 0 Å². The topological polar surface area (TPSA) is 117 Å². The molecule has 0 N–H and O–H groups in total. The summed E-state index contributed by atoms with van der Waals surface area (Å²) < 4.78 is 5.82. The molecule has 1 fully saturated rings. The normalized spacial score (nSPS) is 13.8. The number of carbonyl (C=O) groups is 1. The van der Waals surface area contributed by atoms with Crippen LogP contribution in [0.2, 0.25) is 0 Å². The summed E-state index contributed by atoms with van der Waals surface area (Å²) in [5, 5.41) is 20.3. The van der Waals surface area contributed by atoms with Gasteiger partial charge in [-0.15, -0.1) is 0 Å². The molecule has 0 radical (unpaired) electrons. The number of nitro benzene ring substituents is 1. The minimum Gasteiger partial charge on any atom is -0.420 e. The van der Waals surface area contributed by atoms with Gasteiger partial charge in [0.05, 0.1) is 4.92 Å². The molecule has 2 heterocycles. The maximum Gasteiger partial charge on any atom is 0.269 e. The van der Waals surface area contributed by atoms with Crippen LogP contribution in [0, 0.1) is 28.4 Å². The number of piperazine rings is 1. The number of oxazole rings is 1. The molecular weight excluding hydrogens is 422 g/mol. The summed E-state index contributed by atoms with van der Waals surface area (Å²) in [5.74, 6) is 0.629. The molecule has 9 heteroatoms. The fraction of sp³-hybridized carbons (Fsp3) is 0.208. The van der Waals surface area contributed by atoms with Gasteiger partial charge in [0, 0.05) is 50.0 Å². The Morgan fingerprint density at radius 1 is 1.15 bits per heavy atom. The summed E-state index contributed by atoms with van der Waals surface area (Å²) in [6, 6.07) is 15.7. The third kappa shape index (κ3) is 4.91. The first-order valence-electron chi connectivity index (χ1n) is 10.4. The number of nitrogens with zero attached hydrogens (tertiary/aromatic N) is 5. The number of aromatic nitrogens is 1. The van der Waals surface area contributed by atoms with E-state index in [9.17, 15) is 20.2 Å². The molecule has 0 atom stereocenters. The number of aryl methyl sites for hydroxylation is 1. The molecule has 2 aromatic carbocycles. The second-order valence-corrected chi connectivity index (χ2v) is 7.65. The average molecular weight is 443 g/mol. The monoisotopic (exact) mass is 443 g/mol. The highest BCUT2D eigenvalue weighted by Gasteiger charge is 2.26. The minimum atomic E-state index is -0.457. The highest BCUT2D eigenvalue weighted by molar-refractivity contribution is 5.94. The average Bonchev–Trinajstić information content (AvgIpc) is 3.26. The summed E-state index contributed by atoms with van der Waals surface area (Å²) in [6.07, 6.45) is 3.32. The van der Waals surface area contributed by atoms with E-state index in [1.807, 2.05) is 36.1 Å². The molecule has 0 aliphatic carbocycles. The highest BCUT2D eigenvalue weighted by Crippen LogP contribution is 2.25. The number of benzene rings is 2. The first-order valence-corrected chi connectivity index (χ1v) is 10.4. The number of hydrogen-bond donors (Lipinski definition) is 0. The summed E-state index contributed by atoms with van der Waals surface area (Å²) >= 11 is 0. The summed E-state index contributed by atoms with van der Waals surface area (Å²) in [6.45, 7) is 4.01. The van der Waals surface area contributed by atoms with Crippen molar-refractivity contribution >= 4 is 29.6 Å². The van der Waals surface area contributed by atoms with E-state index < -0.39 is 4.92 Å². The zero-order chi connectivity index (χ0) is 23.4. The van der Waals surface area contributed by atoms with Gasteiger partial charge in [-0.05, 0) is 42.8 Å². The van der Waals surface area contributed by atoms with E-state index in [1.165, 1.54) is 12.1 Å². The van der Waals surface area contributed by atoms with Crippen LogP contribution in [0.4, 0.5) is 11.6 Å². The predicted octanol–water partition coefficient (Wildman–Crippen LogP) is 3.90. The lowest BCUT2D eigenvalue weighted by atomic mass is 10.1. The maximum atomic E-state index is 12.8. The number of nitro groups is 1. The maximum absolute atomic E-state index is 12.8. The molecular formula is C24H21N5O4. The molecule has 166 valence electrons. The SMILES string of the molecule is Cc1cccc(C(=O)N2CCN(c3oc(/C=C/c4ccc([N+](=O)[O-])cc4)nc3C#N)CC2)c1. The molecule has 9 nitrogen and oxygen atoms in total. The van der Waals surface area contributed by atoms with Gasteiger partial charge >= 0.3 is 0 Å². The Balaban J connectivity index is 1.43. The Morgan fingerprint density at radius 3 is 2.52 bits per heavy atom. The van der Waals surface area contributed by atoms with Gasteiger partial charge in [0.2, 0.25) is 17.5 Å². The molecule has 1 aromatic heterocycles. The van der Waals surface area contributed by atoms with E-state index in [4.69, 9.17) is 4.42 Å². The number of non-ortho nitro benzene ring substituents is 1. The zero-order valence-electron chi connectivity index (χ0n) is 18.0. The Kier molecular flexibility index (Phi) is 6.17. The third-order valence-corrected chi connectivity index (χ3v) is 5.37. The molecule has 1 aliphatic heterocycles. The highest BCUT2D eigenvalue weighted by atomic mass is 16.6. The minimum absolute atomic E-state index is 0.0110. The standard InChI is InChI=1S/C24H21N5O4/c1-17-3-2-4-19(15-17)23(30)27-11-13-28(14-12-27)24-21(16-25)26-22(33-24)10-7-18-5-8-20(9-6-18)29(31)32/h2-10,15H,11-14H2,1H3/b10-7+. The first kappa shape index (κ1) is 21.8. The molecule has 1 aliphatic rings. The molecule has 0 bridgehead atoms. The molecule has 0 spiro atoms. The third-order valence-electron chi connectivity index (χ3n) is 5.37. The molecule has 4 rings (SSSR count). The largest absolute Gasteiger partial charge is 0.420 e. The molecule has 33 heavy (non-hydrogen) atoms. The quantitative estimate of drug-likeness (QED) is 0.434. The number of anilines is 1. The van der Waals surface area contributed by atoms with Crippen LogP contribution in [0.25, 0.3) is 12.2 Å². The molecule has 0 unspecified atom stereocenters. The summed E-state index contributed by atoms with van der Waals surface area (Å²) in [7, 11) is 0. The van der Waals surface area contributed by atoms with Gasteiger partial charge in [0.1, 0.15) is 6.07 Å². The molecule has 3 aromatic rings. The van der Waals surface area contributed by atoms with Crippen LogP contribution in [0.5, 0.6) is 0 Å². The summed E-state index contributed by atoms with van der Waals surface area (Å²) in [4.78, 5) is 31.0. The van der Waals surface area contributed by atoms with E-state index >= 15 is 0 Å². The lowest BCUT2D eigenvalue weighted by Crippen LogP contribution is -2.48. The van der Waals surface area contributed by atoms with Crippen molar-refractivity contribution in [3.05, 3.63) is 86.9 Å². The Labute approximate surface area is 190 Å². The lowest BCUT2D eigenvalue weighted by molar-refractivity contribution is -0.384. The summed E-state index contributed by atoms with van der Waals surface area (Å²) in [5.41, 5.74) is 2.63. The van der Waals surface area contributed by atoms with Crippen LogP contribution in [-0.4, -0.2) is 46.9 Å². The molecule has 1 saturated heterocycles. The van der Waals surface area contributed by atoms with Crippen molar-refractivity contribution in [2.45, 2.75) is 6.92 Å². The number of carbonyl (C=O) groups excluding carboxylic acids is 1. The van der Waals surface area contributed by atoms with Crippen LogP contribution in [0.1, 0.15) is 33.1 Å². The fourth-order valence-corrected chi connectivity index (χ4v) is 3.63. The van der Waals surface area contributed by atoms with Gasteiger partial charge in [-0.1, -0.05) is 17.7 Å². The molecule has 0 saturated carbocycles. The van der Waals surface area contributed by atoms with Crippen LogP contribution in [0.15, 0.2) is 52.9 Å². The van der Waals surface area contributed by atoms with Gasteiger partial charge in [-0.3, -0.25) is 14.9 Å². The lowest BCUT2D eigenvalue weighted by Gasteiger charge is -2.34. The first-order chi connectivity index (χ1) is 15.9. The van der Waals surface area contributed by atoms with Crippen LogP contribution in [0.3, 0.4) is 0 Å². The second-order valence-electron chi connectivity index (χ2n) is 7.65. The number of hydrogen-bond acceptors (Lipinski definition) is 7. The smallest absolute Gasteiger partial charge is 0.269 e. The number of amides is 1. The number of rotatable bonds is 5. The van der Waals surface area contributed by atoms with E-state index in [0.717, 1.165) is 11.1 Å². The number of nitriles is 1. The van der Waals surface area contributed by atoms with Gasteiger partial charge in [-0.25, -0.2) is 0 Å². The predicted molar refractivity (Wildman–Crippen MR) is 123 cm³/mol. The fourth-order valence-electron chi connectivity index (χ4n) is 3.63. The zero-order valence-corrected chi connectivity index (χ0v) is 18.0. The Hall–Kier alpha value is -4.45. The van der Waals surface area contributed by atoms with E-state index in [1.54, 1.807) is 29.2 Å². The van der Waals surface area contributed by atoms with Gasteiger partial charge < -0.3 is 14.2 Å². The van der Waals surface area contributed by atoms with Crippen LogP contribution in [-0.2, 0) is 0 Å². The molecule has 1 amide bonds. The van der Waals surface area contributed by atoms with Crippen molar-refractivity contribution in [2.75, 3.05) is 31.1 Å². The second kappa shape index (κ2) is 9.36. The van der Waals surface area contributed by atoms with E-state index in [2.05, 4.69) is 11.1 Å². The van der Waals surface area contributed by atoms with E-state index in [-0.39, 0.29) is 23.2 Å². The van der Waals surface area contributed by atoms with Crippen molar-refractivity contribution in [3.63, 3.8) is 0 Å². The van der Waals surface area contributed by atoms with Gasteiger partial charge in [0.25, 0.3) is 11.6 Å². The Morgan fingerprint density at radius 2 is 1.88 bits per heavy atom. The van der Waals surface area contributed by atoms with E-state index in [0.29, 0.717) is 37.6 Å². The van der Waals surface area contributed by atoms with Crippen molar-refractivity contribution in [3.8, 4) is 6.07 Å². The van der Waals surface area contributed by atoms with Crippen molar-refractivity contribution in [1.29, 1.82) is 5.26 Å². The van der Waals surface area contributed by atoms with Crippen molar-refractivity contribution in [1.82, 2.24) is 9.88 Å².